The minimum absolute atomic E-state index is 0.0151. The molecular weight excluding hydrogens is 444 g/mol. The second-order valence-corrected chi connectivity index (χ2v) is 11.4. The zero-order valence-corrected chi connectivity index (χ0v) is 21.5. The number of piperidine rings is 1. The molecule has 2 fully saturated rings. The Balaban J connectivity index is 1.32. The molecule has 2 unspecified atom stereocenters. The molecule has 6 nitrogen and oxygen atoms in total. The van der Waals surface area contributed by atoms with Gasteiger partial charge in [-0.25, -0.2) is 0 Å². The van der Waals surface area contributed by atoms with E-state index < -0.39 is 6.04 Å². The van der Waals surface area contributed by atoms with Gasteiger partial charge in [-0.1, -0.05) is 39.0 Å². The minimum Gasteiger partial charge on any atom is -0.352 e. The molecule has 0 radical (unpaired) electrons. The highest BCUT2D eigenvalue weighted by Gasteiger charge is 2.38. The Morgan fingerprint density at radius 2 is 1.88 bits per heavy atom. The molecule has 0 bridgehead atoms. The van der Waals surface area contributed by atoms with Crippen LogP contribution in [0.2, 0.25) is 0 Å². The molecule has 186 valence electrons. The number of nitrogens with zero attached hydrogens (tertiary/aromatic N) is 3. The summed E-state index contributed by atoms with van der Waals surface area (Å²) in [5, 5.41) is 5.41. The van der Waals surface area contributed by atoms with Crippen LogP contribution in [-0.2, 0) is 11.3 Å². The van der Waals surface area contributed by atoms with Gasteiger partial charge in [0.2, 0.25) is 5.91 Å². The fourth-order valence-corrected chi connectivity index (χ4v) is 7.20. The highest BCUT2D eigenvalue weighted by Crippen LogP contribution is 2.31. The van der Waals surface area contributed by atoms with Crippen molar-refractivity contribution >= 4 is 33.4 Å². The first-order valence-corrected chi connectivity index (χ1v) is 14.5. The molecular formula is C27H40N4O2S. The number of hydrogen-bond acceptors (Lipinski definition) is 4. The third-order valence-corrected chi connectivity index (χ3v) is 9.16. The van der Waals surface area contributed by atoms with Gasteiger partial charge in [0.1, 0.15) is 11.7 Å². The van der Waals surface area contributed by atoms with Gasteiger partial charge in [0.15, 0.2) is 0 Å². The van der Waals surface area contributed by atoms with Crippen LogP contribution in [0.5, 0.6) is 0 Å². The summed E-state index contributed by atoms with van der Waals surface area (Å²) in [7, 11) is 0. The zero-order valence-electron chi connectivity index (χ0n) is 20.6. The number of hydrogen-bond donors (Lipinski definition) is 1. The molecule has 2 aromatic rings. The van der Waals surface area contributed by atoms with Crippen LogP contribution in [-0.4, -0.2) is 63.9 Å². The van der Waals surface area contributed by atoms with Crippen molar-refractivity contribution in [2.75, 3.05) is 19.6 Å². The summed E-state index contributed by atoms with van der Waals surface area (Å²) in [6.45, 7) is 5.66. The van der Waals surface area contributed by atoms with E-state index in [2.05, 4.69) is 33.2 Å². The molecule has 3 aliphatic rings. The van der Waals surface area contributed by atoms with E-state index in [1.807, 2.05) is 11.0 Å². The standard InChI is InChI=1S/C27H40N4O2S/c1-2-21-12-7-8-14-29(21)15-9-16-30-24(26(32)28-20-10-5-3-4-6-11-20)19-31-22-13-17-34-25(22)18-23(31)27(30)33/h13,17-18,20-21,24H,2-12,14-16,19H2,1H3,(H,28,32). The molecule has 1 N–H and O–H groups in total. The van der Waals surface area contributed by atoms with Gasteiger partial charge < -0.3 is 19.7 Å². The van der Waals surface area contributed by atoms with Gasteiger partial charge in [-0.2, -0.15) is 0 Å². The summed E-state index contributed by atoms with van der Waals surface area (Å²) >= 11 is 1.67. The van der Waals surface area contributed by atoms with Crippen LogP contribution in [0.3, 0.4) is 0 Å². The number of carbonyl (C=O) groups is 2. The first-order valence-electron chi connectivity index (χ1n) is 13.6. The van der Waals surface area contributed by atoms with Crippen molar-refractivity contribution < 1.29 is 9.59 Å². The van der Waals surface area contributed by atoms with Crippen LogP contribution in [0.4, 0.5) is 0 Å². The molecule has 4 heterocycles. The van der Waals surface area contributed by atoms with Gasteiger partial charge >= 0.3 is 0 Å². The van der Waals surface area contributed by atoms with Gasteiger partial charge in [0.05, 0.1) is 16.8 Å². The number of carbonyl (C=O) groups excluding carboxylic acids is 2. The minimum atomic E-state index is -0.429. The van der Waals surface area contributed by atoms with Crippen molar-refractivity contribution in [1.82, 2.24) is 19.7 Å². The quantitative estimate of drug-likeness (QED) is 0.562. The molecule has 2 amide bonds. The van der Waals surface area contributed by atoms with E-state index in [0.29, 0.717) is 19.1 Å². The van der Waals surface area contributed by atoms with Gasteiger partial charge in [-0.05, 0) is 62.6 Å². The number of thiophene rings is 1. The SMILES string of the molecule is CCC1CCCCN1CCCN1C(=O)c2cc3sccc3n2CC1C(=O)NC1CCCCCC1. The fraction of sp³-hybridized carbons (Fsp3) is 0.704. The highest BCUT2D eigenvalue weighted by molar-refractivity contribution is 7.17. The Bertz CT molecular complexity index is 990. The summed E-state index contributed by atoms with van der Waals surface area (Å²) in [5.74, 6) is 0.0498. The van der Waals surface area contributed by atoms with E-state index in [0.717, 1.165) is 48.3 Å². The average molecular weight is 485 g/mol. The Labute approximate surface area is 207 Å². The topological polar surface area (TPSA) is 57.6 Å². The molecule has 2 aromatic heterocycles. The van der Waals surface area contributed by atoms with Crippen LogP contribution in [0.1, 0.15) is 88.0 Å². The normalized spacial score (nSPS) is 24.9. The lowest BCUT2D eigenvalue weighted by Gasteiger charge is -2.38. The van der Waals surface area contributed by atoms with Crippen LogP contribution >= 0.6 is 11.3 Å². The zero-order chi connectivity index (χ0) is 23.5. The lowest BCUT2D eigenvalue weighted by molar-refractivity contribution is -0.127. The molecule has 0 aromatic carbocycles. The third-order valence-electron chi connectivity index (χ3n) is 8.30. The summed E-state index contributed by atoms with van der Waals surface area (Å²) in [6, 6.07) is 4.59. The van der Waals surface area contributed by atoms with E-state index in [-0.39, 0.29) is 17.9 Å². The maximum atomic E-state index is 13.7. The third kappa shape index (κ3) is 4.92. The van der Waals surface area contributed by atoms with Crippen molar-refractivity contribution in [3.8, 4) is 0 Å². The maximum absolute atomic E-state index is 13.7. The Hall–Kier alpha value is -1.86. The van der Waals surface area contributed by atoms with E-state index >= 15 is 0 Å². The fourth-order valence-electron chi connectivity index (χ4n) is 6.37. The van der Waals surface area contributed by atoms with Crippen LogP contribution in [0, 0.1) is 0 Å². The predicted molar refractivity (Wildman–Crippen MR) is 138 cm³/mol. The highest BCUT2D eigenvalue weighted by atomic mass is 32.1. The van der Waals surface area contributed by atoms with Gasteiger partial charge in [-0.15, -0.1) is 11.3 Å². The number of amides is 2. The first kappa shape index (κ1) is 23.9. The van der Waals surface area contributed by atoms with E-state index in [9.17, 15) is 9.59 Å². The molecule has 5 rings (SSSR count). The van der Waals surface area contributed by atoms with Gasteiger partial charge in [0, 0.05) is 25.2 Å². The maximum Gasteiger partial charge on any atom is 0.271 e. The predicted octanol–water partition coefficient (Wildman–Crippen LogP) is 5.02. The largest absolute Gasteiger partial charge is 0.352 e. The molecule has 1 saturated carbocycles. The molecule has 2 atom stereocenters. The van der Waals surface area contributed by atoms with Crippen LogP contribution in [0.15, 0.2) is 17.5 Å². The van der Waals surface area contributed by atoms with Gasteiger partial charge in [0.25, 0.3) is 5.91 Å². The Morgan fingerprint density at radius 1 is 1.09 bits per heavy atom. The summed E-state index contributed by atoms with van der Waals surface area (Å²) in [6.07, 6.45) is 13.0. The van der Waals surface area contributed by atoms with Gasteiger partial charge in [-0.3, -0.25) is 9.59 Å². The smallest absolute Gasteiger partial charge is 0.271 e. The molecule has 0 spiro atoms. The molecule has 7 heteroatoms. The van der Waals surface area contributed by atoms with Crippen molar-refractivity contribution in [1.29, 1.82) is 0 Å². The summed E-state index contributed by atoms with van der Waals surface area (Å²) < 4.78 is 3.21. The van der Waals surface area contributed by atoms with Crippen molar-refractivity contribution in [3.63, 3.8) is 0 Å². The lowest BCUT2D eigenvalue weighted by Crippen LogP contribution is -2.57. The monoisotopic (exact) mass is 484 g/mol. The lowest BCUT2D eigenvalue weighted by atomic mass is 10.00. The van der Waals surface area contributed by atoms with Crippen LogP contribution in [0.25, 0.3) is 10.2 Å². The van der Waals surface area contributed by atoms with E-state index in [1.54, 1.807) is 11.3 Å². The molecule has 2 aliphatic heterocycles. The van der Waals surface area contributed by atoms with E-state index in [4.69, 9.17) is 0 Å². The second-order valence-electron chi connectivity index (χ2n) is 10.5. The van der Waals surface area contributed by atoms with Crippen LogP contribution < -0.4 is 5.32 Å². The number of likely N-dealkylation sites (tertiary alicyclic amines) is 1. The number of rotatable bonds is 7. The first-order chi connectivity index (χ1) is 16.7. The van der Waals surface area contributed by atoms with Crippen molar-refractivity contribution in [3.05, 3.63) is 23.2 Å². The van der Waals surface area contributed by atoms with Crippen molar-refractivity contribution in [2.24, 2.45) is 0 Å². The number of aromatic nitrogens is 1. The average Bonchev–Trinajstić information content (AvgIpc) is 3.35. The molecule has 1 saturated heterocycles. The summed E-state index contributed by atoms with van der Waals surface area (Å²) in [5.41, 5.74) is 1.82. The molecule has 34 heavy (non-hydrogen) atoms. The summed E-state index contributed by atoms with van der Waals surface area (Å²) in [4.78, 5) is 31.7. The van der Waals surface area contributed by atoms with E-state index in [1.165, 1.54) is 51.4 Å². The Kier molecular flexibility index (Phi) is 7.59. The molecule has 1 aliphatic carbocycles. The second kappa shape index (κ2) is 10.8. The number of fused-ring (bicyclic) bond motifs is 3. The Morgan fingerprint density at radius 3 is 2.68 bits per heavy atom. The number of nitrogens with one attached hydrogen (secondary N) is 1. The van der Waals surface area contributed by atoms with Crippen molar-refractivity contribution in [2.45, 2.75) is 102 Å².